The van der Waals surface area contributed by atoms with Gasteiger partial charge in [-0.25, -0.2) is 0 Å². The molecule has 0 amide bonds. The highest BCUT2D eigenvalue weighted by Crippen LogP contribution is 2.23. The van der Waals surface area contributed by atoms with Gasteiger partial charge in [0.2, 0.25) is 0 Å². The number of rotatable bonds is 2. The van der Waals surface area contributed by atoms with Crippen LogP contribution in [0.1, 0.15) is 11.1 Å². The predicted molar refractivity (Wildman–Crippen MR) is 61.2 cm³/mol. The van der Waals surface area contributed by atoms with Gasteiger partial charge in [-0.2, -0.15) is 0 Å². The zero-order chi connectivity index (χ0) is 10.7. The van der Waals surface area contributed by atoms with Gasteiger partial charge in [0, 0.05) is 0 Å². The van der Waals surface area contributed by atoms with Crippen molar-refractivity contribution in [2.45, 2.75) is 6.61 Å². The Balaban J connectivity index is 2.49. The van der Waals surface area contributed by atoms with Gasteiger partial charge in [0.05, 0.1) is 6.61 Å². The van der Waals surface area contributed by atoms with Gasteiger partial charge >= 0.3 is 0 Å². The van der Waals surface area contributed by atoms with Crippen molar-refractivity contribution in [3.8, 4) is 11.1 Å². The van der Waals surface area contributed by atoms with Crippen LogP contribution in [0.15, 0.2) is 48.5 Å². The minimum atomic E-state index is 0.0561. The summed E-state index contributed by atoms with van der Waals surface area (Å²) in [5.74, 6) is 0. The quantitative estimate of drug-likeness (QED) is 0.783. The highest BCUT2D eigenvalue weighted by molar-refractivity contribution is 5.67. The molecule has 1 heteroatoms. The van der Waals surface area contributed by atoms with Gasteiger partial charge in [0.15, 0.2) is 0 Å². The van der Waals surface area contributed by atoms with Gasteiger partial charge in [-0.05, 0) is 29.2 Å². The molecule has 0 saturated carbocycles. The maximum atomic E-state index is 9.21. The Bertz CT molecular complexity index is 443. The SMILES string of the molecule is [CH]c1ccc(-c2ccccc2CO)cc1. The van der Waals surface area contributed by atoms with Gasteiger partial charge in [-0.1, -0.05) is 48.5 Å². The van der Waals surface area contributed by atoms with E-state index in [1.54, 1.807) is 0 Å². The molecule has 0 saturated heterocycles. The van der Waals surface area contributed by atoms with E-state index in [9.17, 15) is 5.11 Å². The fraction of sp³-hybridized carbons (Fsp3) is 0.0714. The zero-order valence-electron chi connectivity index (χ0n) is 8.35. The van der Waals surface area contributed by atoms with Crippen LogP contribution in [0.4, 0.5) is 0 Å². The monoisotopic (exact) mass is 196 g/mol. The molecule has 0 atom stereocenters. The molecule has 2 aromatic rings. The topological polar surface area (TPSA) is 20.2 Å². The van der Waals surface area contributed by atoms with E-state index >= 15 is 0 Å². The molecule has 2 radical (unpaired) electrons. The maximum absolute atomic E-state index is 9.21. The number of benzene rings is 2. The van der Waals surface area contributed by atoms with Crippen LogP contribution in [0.5, 0.6) is 0 Å². The molecular weight excluding hydrogens is 184 g/mol. The Labute approximate surface area is 90.0 Å². The van der Waals surface area contributed by atoms with Crippen LogP contribution in [0, 0.1) is 6.92 Å². The number of hydrogen-bond acceptors (Lipinski definition) is 1. The molecule has 0 bridgehead atoms. The smallest absolute Gasteiger partial charge is 0.0687 e. The van der Waals surface area contributed by atoms with Crippen LogP contribution in [0.2, 0.25) is 0 Å². The number of hydrogen-bond donors (Lipinski definition) is 1. The third kappa shape index (κ3) is 2.08. The molecule has 0 aliphatic heterocycles. The molecule has 0 unspecified atom stereocenters. The van der Waals surface area contributed by atoms with Crippen molar-refractivity contribution in [1.29, 1.82) is 0 Å². The number of aliphatic hydroxyl groups excluding tert-OH is 1. The molecule has 1 N–H and O–H groups in total. The summed E-state index contributed by atoms with van der Waals surface area (Å²) < 4.78 is 0. The highest BCUT2D eigenvalue weighted by Gasteiger charge is 2.02. The van der Waals surface area contributed by atoms with Crippen LogP contribution >= 0.6 is 0 Å². The second kappa shape index (κ2) is 4.28. The Kier molecular flexibility index (Phi) is 2.84. The van der Waals surface area contributed by atoms with Crippen LogP contribution in [0.25, 0.3) is 11.1 Å². The lowest BCUT2D eigenvalue weighted by atomic mass is 9.99. The van der Waals surface area contributed by atoms with E-state index in [0.29, 0.717) is 0 Å². The van der Waals surface area contributed by atoms with Gasteiger partial charge < -0.3 is 5.11 Å². The summed E-state index contributed by atoms with van der Waals surface area (Å²) in [7, 11) is 0. The lowest BCUT2D eigenvalue weighted by molar-refractivity contribution is 0.282. The Morgan fingerprint density at radius 2 is 1.60 bits per heavy atom. The highest BCUT2D eigenvalue weighted by atomic mass is 16.3. The van der Waals surface area contributed by atoms with Crippen LogP contribution in [-0.4, -0.2) is 5.11 Å². The van der Waals surface area contributed by atoms with Crippen molar-refractivity contribution < 1.29 is 5.11 Å². The van der Waals surface area contributed by atoms with Gasteiger partial charge in [0.1, 0.15) is 0 Å². The summed E-state index contributed by atoms with van der Waals surface area (Å²) in [5, 5.41) is 9.21. The molecule has 2 aromatic carbocycles. The molecule has 0 aliphatic rings. The second-order valence-corrected chi connectivity index (χ2v) is 3.44. The van der Waals surface area contributed by atoms with Crippen LogP contribution in [0.3, 0.4) is 0 Å². The summed E-state index contributed by atoms with van der Waals surface area (Å²) in [5.41, 5.74) is 3.82. The standard InChI is InChI=1S/C14H12O/c1-11-6-8-12(9-7-11)14-5-3-2-4-13(14)10-15/h1-9,15H,10H2. The van der Waals surface area contributed by atoms with Gasteiger partial charge in [-0.15, -0.1) is 0 Å². The third-order valence-electron chi connectivity index (χ3n) is 2.41. The summed E-state index contributed by atoms with van der Waals surface area (Å²) >= 11 is 0. The van der Waals surface area contributed by atoms with Crippen molar-refractivity contribution in [1.82, 2.24) is 0 Å². The van der Waals surface area contributed by atoms with Crippen LogP contribution in [-0.2, 0) is 6.61 Å². The minimum Gasteiger partial charge on any atom is -0.392 e. The second-order valence-electron chi connectivity index (χ2n) is 3.44. The third-order valence-corrected chi connectivity index (χ3v) is 2.41. The van der Waals surface area contributed by atoms with E-state index in [-0.39, 0.29) is 6.61 Å². The molecule has 15 heavy (non-hydrogen) atoms. The van der Waals surface area contributed by atoms with E-state index in [2.05, 4.69) is 0 Å². The van der Waals surface area contributed by atoms with E-state index in [1.807, 2.05) is 48.5 Å². The molecule has 0 aromatic heterocycles. The fourth-order valence-electron chi connectivity index (χ4n) is 1.60. The van der Waals surface area contributed by atoms with E-state index in [4.69, 9.17) is 6.92 Å². The molecule has 2 rings (SSSR count). The fourth-order valence-corrected chi connectivity index (χ4v) is 1.60. The maximum Gasteiger partial charge on any atom is 0.0687 e. The predicted octanol–water partition coefficient (Wildman–Crippen LogP) is 2.91. The van der Waals surface area contributed by atoms with Gasteiger partial charge in [-0.3, -0.25) is 0 Å². The Morgan fingerprint density at radius 3 is 2.27 bits per heavy atom. The summed E-state index contributed by atoms with van der Waals surface area (Å²) in [6.45, 7) is 5.68. The molecule has 0 spiro atoms. The van der Waals surface area contributed by atoms with Crippen molar-refractivity contribution in [2.75, 3.05) is 0 Å². The molecule has 0 aliphatic carbocycles. The molecule has 0 heterocycles. The first kappa shape index (κ1) is 9.94. The van der Waals surface area contributed by atoms with Crippen LogP contribution < -0.4 is 0 Å². The first-order valence-corrected chi connectivity index (χ1v) is 4.86. The molecule has 74 valence electrons. The zero-order valence-corrected chi connectivity index (χ0v) is 8.35. The van der Waals surface area contributed by atoms with Crippen molar-refractivity contribution in [3.05, 3.63) is 66.6 Å². The Morgan fingerprint density at radius 1 is 0.933 bits per heavy atom. The normalized spacial score (nSPS) is 10.3. The van der Waals surface area contributed by atoms with E-state index in [1.165, 1.54) is 0 Å². The average molecular weight is 196 g/mol. The molecule has 0 fully saturated rings. The number of aliphatic hydroxyl groups is 1. The lowest BCUT2D eigenvalue weighted by Crippen LogP contribution is -1.88. The van der Waals surface area contributed by atoms with Crippen molar-refractivity contribution >= 4 is 0 Å². The summed E-state index contributed by atoms with van der Waals surface area (Å²) in [6.07, 6.45) is 0. The van der Waals surface area contributed by atoms with Crippen molar-refractivity contribution in [3.63, 3.8) is 0 Å². The first-order valence-electron chi connectivity index (χ1n) is 4.86. The average Bonchev–Trinajstić information content (AvgIpc) is 2.30. The molecular formula is C14H12O. The largest absolute Gasteiger partial charge is 0.392 e. The molecule has 1 nitrogen and oxygen atoms in total. The van der Waals surface area contributed by atoms with Crippen molar-refractivity contribution in [2.24, 2.45) is 0 Å². The summed E-state index contributed by atoms with van der Waals surface area (Å²) in [6, 6.07) is 15.5. The first-order chi connectivity index (χ1) is 7.31. The minimum absolute atomic E-state index is 0.0561. The van der Waals surface area contributed by atoms with E-state index < -0.39 is 0 Å². The van der Waals surface area contributed by atoms with E-state index in [0.717, 1.165) is 22.3 Å². The lowest BCUT2D eigenvalue weighted by Gasteiger charge is -2.07. The van der Waals surface area contributed by atoms with Gasteiger partial charge in [0.25, 0.3) is 0 Å². The Hall–Kier alpha value is -1.60. The summed E-state index contributed by atoms with van der Waals surface area (Å²) in [4.78, 5) is 0.